The van der Waals surface area contributed by atoms with Crippen LogP contribution in [-0.2, 0) is 20.7 Å². The first-order valence-electron chi connectivity index (χ1n) is 11.7. The minimum atomic E-state index is -0.628. The molecule has 162 valence electrons. The van der Waals surface area contributed by atoms with Crippen LogP contribution in [-0.4, -0.2) is 52.5 Å². The molecular formula is C25H29N3O3. The molecule has 1 saturated carbocycles. The number of hydrogen-bond acceptors (Lipinski definition) is 3. The number of ether oxygens (including phenoxy) is 1. The van der Waals surface area contributed by atoms with Gasteiger partial charge < -0.3 is 19.9 Å². The molecule has 6 nitrogen and oxygen atoms in total. The number of para-hydroxylation sites is 1. The van der Waals surface area contributed by atoms with E-state index >= 15 is 0 Å². The average Bonchev–Trinajstić information content (AvgIpc) is 3.53. The Kier molecular flexibility index (Phi) is 4.46. The molecule has 0 unspecified atom stereocenters. The summed E-state index contributed by atoms with van der Waals surface area (Å²) < 4.78 is 6.27. The van der Waals surface area contributed by atoms with Crippen molar-refractivity contribution < 1.29 is 14.3 Å². The van der Waals surface area contributed by atoms with Gasteiger partial charge in [-0.15, -0.1) is 0 Å². The molecule has 2 N–H and O–H groups in total. The van der Waals surface area contributed by atoms with E-state index in [1.165, 1.54) is 30.2 Å². The van der Waals surface area contributed by atoms with Crippen LogP contribution in [0.1, 0.15) is 37.7 Å². The Morgan fingerprint density at radius 2 is 2.06 bits per heavy atom. The van der Waals surface area contributed by atoms with E-state index < -0.39 is 17.4 Å². The maximum absolute atomic E-state index is 13.4. The number of carbonyl (C=O) groups excluding carboxylic acids is 2. The predicted molar refractivity (Wildman–Crippen MR) is 117 cm³/mol. The lowest BCUT2D eigenvalue weighted by Crippen LogP contribution is -2.47. The molecule has 2 amide bonds. The quantitative estimate of drug-likeness (QED) is 0.732. The summed E-state index contributed by atoms with van der Waals surface area (Å²) in [4.78, 5) is 31.8. The lowest BCUT2D eigenvalue weighted by Gasteiger charge is -2.28. The van der Waals surface area contributed by atoms with Crippen molar-refractivity contribution in [3.05, 3.63) is 48.2 Å². The third kappa shape index (κ3) is 3.03. The average molecular weight is 420 g/mol. The zero-order valence-corrected chi connectivity index (χ0v) is 17.7. The molecular weight excluding hydrogens is 390 g/mol. The Morgan fingerprint density at radius 3 is 2.94 bits per heavy atom. The first kappa shape index (κ1) is 19.1. The smallest absolute Gasteiger partial charge is 0.230 e. The van der Waals surface area contributed by atoms with E-state index in [4.69, 9.17) is 4.74 Å². The number of rotatable bonds is 5. The number of likely N-dealkylation sites (tertiary alicyclic amines) is 1. The summed E-state index contributed by atoms with van der Waals surface area (Å²) in [6.45, 7) is 1.18. The van der Waals surface area contributed by atoms with Gasteiger partial charge in [0.05, 0.1) is 24.5 Å². The second kappa shape index (κ2) is 7.23. The number of aromatic amines is 1. The first-order chi connectivity index (χ1) is 15.1. The number of nitrogens with zero attached hydrogens (tertiary/aromatic N) is 1. The molecule has 1 aliphatic carbocycles. The number of fused-ring (bicyclic) bond motifs is 2. The van der Waals surface area contributed by atoms with Gasteiger partial charge in [-0.3, -0.25) is 9.59 Å². The fourth-order valence-electron chi connectivity index (χ4n) is 6.21. The first-order valence-corrected chi connectivity index (χ1v) is 11.7. The Bertz CT molecular complexity index is 1050. The summed E-state index contributed by atoms with van der Waals surface area (Å²) in [6, 6.07) is 8.48. The van der Waals surface area contributed by atoms with Crippen LogP contribution < -0.4 is 5.32 Å². The van der Waals surface area contributed by atoms with Crippen LogP contribution in [0.15, 0.2) is 42.6 Å². The summed E-state index contributed by atoms with van der Waals surface area (Å²) >= 11 is 0. The van der Waals surface area contributed by atoms with Crippen LogP contribution in [0, 0.1) is 11.8 Å². The highest BCUT2D eigenvalue weighted by molar-refractivity contribution is 5.93. The number of carbonyl (C=O) groups is 2. The molecule has 2 saturated heterocycles. The van der Waals surface area contributed by atoms with Gasteiger partial charge in [0.2, 0.25) is 11.8 Å². The number of hydrogen-bond donors (Lipinski definition) is 2. The molecule has 3 aliphatic heterocycles. The summed E-state index contributed by atoms with van der Waals surface area (Å²) in [5.74, 6) is -0.734. The maximum Gasteiger partial charge on any atom is 0.230 e. The second-order valence-electron chi connectivity index (χ2n) is 9.61. The molecule has 31 heavy (non-hydrogen) atoms. The molecule has 4 heterocycles. The van der Waals surface area contributed by atoms with Crippen molar-refractivity contribution >= 4 is 22.7 Å². The van der Waals surface area contributed by atoms with Crippen LogP contribution in [0.5, 0.6) is 0 Å². The molecule has 4 aliphatic rings. The molecule has 1 spiro atoms. The highest BCUT2D eigenvalue weighted by atomic mass is 16.5. The third-order valence-corrected chi connectivity index (χ3v) is 7.76. The summed E-state index contributed by atoms with van der Waals surface area (Å²) in [5, 5.41) is 4.44. The van der Waals surface area contributed by atoms with Crippen molar-refractivity contribution in [2.75, 3.05) is 13.1 Å². The number of nitrogens with one attached hydrogen (secondary N) is 2. The summed E-state index contributed by atoms with van der Waals surface area (Å²) in [5.41, 5.74) is 1.70. The summed E-state index contributed by atoms with van der Waals surface area (Å²) in [7, 11) is 0. The van der Waals surface area contributed by atoms with E-state index in [1.807, 2.05) is 35.4 Å². The minimum Gasteiger partial charge on any atom is -0.361 e. The summed E-state index contributed by atoms with van der Waals surface area (Å²) in [6.07, 6.45) is 12.3. The van der Waals surface area contributed by atoms with Crippen LogP contribution in [0.25, 0.3) is 10.9 Å². The van der Waals surface area contributed by atoms with E-state index in [-0.39, 0.29) is 24.0 Å². The zero-order valence-electron chi connectivity index (χ0n) is 17.7. The van der Waals surface area contributed by atoms with Gasteiger partial charge in [-0.1, -0.05) is 49.6 Å². The zero-order chi connectivity index (χ0) is 21.0. The molecule has 1 aromatic carbocycles. The molecule has 0 radical (unpaired) electrons. The fourth-order valence-corrected chi connectivity index (χ4v) is 6.21. The van der Waals surface area contributed by atoms with Gasteiger partial charge in [0.1, 0.15) is 5.60 Å². The molecule has 6 heteroatoms. The predicted octanol–water partition coefficient (Wildman–Crippen LogP) is 2.94. The van der Waals surface area contributed by atoms with Gasteiger partial charge in [-0.05, 0) is 30.9 Å². The Morgan fingerprint density at radius 1 is 1.23 bits per heavy atom. The standard InChI is InChI=1S/C25H29N3O3/c29-23(27-17-6-2-1-3-7-17)21-20-10-12-25(31-20)15-28(24(30)22(21)25)13-11-16-14-26-19-9-5-4-8-18(16)19/h4-5,8-10,12,14,17,20-22,26H,1-3,6-7,11,13,15H2,(H,27,29)/t20-,21-,22+,25+/m1/s1. The minimum absolute atomic E-state index is 0.0000430. The molecule has 1 aromatic heterocycles. The largest absolute Gasteiger partial charge is 0.361 e. The van der Waals surface area contributed by atoms with E-state index in [1.54, 1.807) is 0 Å². The molecule has 6 rings (SSSR count). The van der Waals surface area contributed by atoms with Gasteiger partial charge in [-0.2, -0.15) is 0 Å². The molecule has 2 aromatic rings. The van der Waals surface area contributed by atoms with Crippen LogP contribution in [0.2, 0.25) is 0 Å². The van der Waals surface area contributed by atoms with E-state index in [9.17, 15) is 9.59 Å². The van der Waals surface area contributed by atoms with Gasteiger partial charge in [0, 0.05) is 29.7 Å². The number of benzene rings is 1. The van der Waals surface area contributed by atoms with Crippen LogP contribution in [0.4, 0.5) is 0 Å². The highest BCUT2D eigenvalue weighted by Crippen LogP contribution is 2.52. The second-order valence-corrected chi connectivity index (χ2v) is 9.61. The SMILES string of the molecule is O=C(NC1CCCCC1)[C@H]1[C@H]2C(=O)N(CCc3c[nH]c4ccccc34)C[C@@]23C=C[C@H]1O3. The van der Waals surface area contributed by atoms with Crippen molar-refractivity contribution in [3.8, 4) is 0 Å². The van der Waals surface area contributed by atoms with Gasteiger partial charge in [-0.25, -0.2) is 0 Å². The van der Waals surface area contributed by atoms with Crippen LogP contribution >= 0.6 is 0 Å². The molecule has 3 fully saturated rings. The fraction of sp³-hybridized carbons (Fsp3) is 0.520. The number of H-pyrrole nitrogens is 1. The van der Waals surface area contributed by atoms with Crippen molar-refractivity contribution in [2.45, 2.75) is 56.3 Å². The highest BCUT2D eigenvalue weighted by Gasteiger charge is 2.66. The number of aromatic nitrogens is 1. The van der Waals surface area contributed by atoms with Crippen molar-refractivity contribution in [1.29, 1.82) is 0 Å². The van der Waals surface area contributed by atoms with Gasteiger partial charge >= 0.3 is 0 Å². The van der Waals surface area contributed by atoms with E-state index in [0.29, 0.717) is 13.1 Å². The maximum atomic E-state index is 13.4. The van der Waals surface area contributed by atoms with Crippen molar-refractivity contribution in [1.82, 2.24) is 15.2 Å². The molecule has 4 atom stereocenters. The van der Waals surface area contributed by atoms with Crippen molar-refractivity contribution in [3.63, 3.8) is 0 Å². The molecule has 2 bridgehead atoms. The van der Waals surface area contributed by atoms with Crippen molar-refractivity contribution in [2.24, 2.45) is 11.8 Å². The Hall–Kier alpha value is -2.60. The van der Waals surface area contributed by atoms with Crippen LogP contribution in [0.3, 0.4) is 0 Å². The monoisotopic (exact) mass is 419 g/mol. The lowest BCUT2D eigenvalue weighted by atomic mass is 9.76. The number of amides is 2. The van der Waals surface area contributed by atoms with Gasteiger partial charge in [0.15, 0.2) is 0 Å². The Balaban J connectivity index is 1.17. The lowest BCUT2D eigenvalue weighted by molar-refractivity contribution is -0.137. The van der Waals surface area contributed by atoms with Gasteiger partial charge in [0.25, 0.3) is 0 Å². The normalized spacial score (nSPS) is 32.2. The third-order valence-electron chi connectivity index (χ3n) is 7.76. The van der Waals surface area contributed by atoms with E-state index in [0.717, 1.165) is 24.8 Å². The Labute approximate surface area is 182 Å². The van der Waals surface area contributed by atoms with E-state index in [2.05, 4.69) is 22.4 Å². The topological polar surface area (TPSA) is 74.4 Å².